The second-order valence-corrected chi connectivity index (χ2v) is 7.86. The van der Waals surface area contributed by atoms with Crippen molar-refractivity contribution in [1.29, 1.82) is 0 Å². The Kier molecular flexibility index (Phi) is 4.05. The molecule has 0 saturated carbocycles. The van der Waals surface area contributed by atoms with Gasteiger partial charge in [0.1, 0.15) is 6.26 Å². The number of nitrogens with zero attached hydrogens (tertiary/aromatic N) is 1. The van der Waals surface area contributed by atoms with Gasteiger partial charge in [0.15, 0.2) is 11.3 Å². The molecule has 0 aliphatic carbocycles. The van der Waals surface area contributed by atoms with Crippen LogP contribution in [0.15, 0.2) is 0 Å². The molecule has 0 aromatic rings. The van der Waals surface area contributed by atoms with Gasteiger partial charge in [-0.05, 0) is 12.5 Å². The fraction of sp³-hybridized carbons (Fsp3) is 1.00. The highest BCUT2D eigenvalue weighted by Crippen LogP contribution is 2.35. The number of nitrogens with one attached hydrogen (secondary N) is 1. The molecule has 0 amide bonds. The maximum atomic E-state index is 5.93. The lowest BCUT2D eigenvalue weighted by atomic mass is 11.6. The van der Waals surface area contributed by atoms with Gasteiger partial charge in [0.25, 0.3) is 0 Å². The summed E-state index contributed by atoms with van der Waals surface area (Å²) in [7, 11) is 2.97. The summed E-state index contributed by atoms with van der Waals surface area (Å²) in [5.41, 5.74) is 0. The zero-order chi connectivity index (χ0) is 8.36. The van der Waals surface area contributed by atoms with Crippen molar-refractivity contribution in [3.05, 3.63) is 0 Å². The van der Waals surface area contributed by atoms with Crippen molar-refractivity contribution in [2.24, 2.45) is 5.14 Å². The highest BCUT2D eigenvalue weighted by atomic mass is 32.3. The zero-order valence-electron chi connectivity index (χ0n) is 7.34. The van der Waals surface area contributed by atoms with Gasteiger partial charge in [0.2, 0.25) is 0 Å². The van der Waals surface area contributed by atoms with Crippen LogP contribution in [0.25, 0.3) is 0 Å². The average Bonchev–Trinajstić information content (AvgIpc) is 1.83. The summed E-state index contributed by atoms with van der Waals surface area (Å²) in [5, 5.41) is 5.93. The van der Waals surface area contributed by atoms with Crippen LogP contribution < -0.4 is 9.86 Å². The summed E-state index contributed by atoms with van der Waals surface area (Å²) in [6, 6.07) is 0. The van der Waals surface area contributed by atoms with Crippen LogP contribution in [0.5, 0.6) is 0 Å². The fourth-order valence-corrected chi connectivity index (χ4v) is 3.20. The van der Waals surface area contributed by atoms with Gasteiger partial charge in [-0.25, -0.2) is 0 Å². The summed E-state index contributed by atoms with van der Waals surface area (Å²) < 4.78 is 5.35. The number of nitrogens with two attached hydrogens (primary N) is 1. The predicted octanol–water partition coefficient (Wildman–Crippen LogP) is 0.0686. The maximum Gasteiger partial charge on any atom is 0.172 e. The Morgan fingerprint density at radius 2 is 1.90 bits per heavy atom. The van der Waals surface area contributed by atoms with Gasteiger partial charge >= 0.3 is 0 Å². The van der Waals surface area contributed by atoms with E-state index in [4.69, 9.17) is 5.14 Å². The first-order valence-corrected chi connectivity index (χ1v) is 7.04. The van der Waals surface area contributed by atoms with Gasteiger partial charge in [-0.2, -0.15) is 0 Å². The number of hydrogen-bond donors (Lipinski definition) is 2. The Bertz CT molecular complexity index is 102. The summed E-state index contributed by atoms with van der Waals surface area (Å²) in [4.78, 5) is 0. The Morgan fingerprint density at radius 3 is 2.00 bits per heavy atom. The van der Waals surface area contributed by atoms with Crippen LogP contribution in [0.4, 0.5) is 0 Å². The molecule has 0 heterocycles. The molecule has 3 nitrogen and oxygen atoms in total. The molecule has 0 rings (SSSR count). The van der Waals surface area contributed by atoms with E-state index >= 15 is 0 Å². The molecule has 5 heteroatoms. The third kappa shape index (κ3) is 3.12. The zero-order valence-corrected chi connectivity index (χ0v) is 8.97. The Morgan fingerprint density at radius 1 is 1.50 bits per heavy atom. The van der Waals surface area contributed by atoms with Crippen molar-refractivity contribution in [2.75, 3.05) is 32.9 Å². The molecular formula is C5H18N3S2+. The molecule has 3 N–H and O–H groups in total. The topological polar surface area (TPSA) is 41.3 Å². The SMILES string of the molecule is CN[S+](C)N(C)S(C)(C)N. The smallest absolute Gasteiger partial charge is 0.172 e. The summed E-state index contributed by atoms with van der Waals surface area (Å²) in [5.74, 6) is 0. The lowest BCUT2D eigenvalue weighted by Crippen LogP contribution is -2.39. The molecule has 10 heavy (non-hydrogen) atoms. The molecule has 64 valence electrons. The third-order valence-corrected chi connectivity index (χ3v) is 5.85. The molecule has 0 fully saturated rings. The van der Waals surface area contributed by atoms with Crippen LogP contribution in [0.1, 0.15) is 0 Å². The molecule has 1 atom stereocenters. The van der Waals surface area contributed by atoms with Gasteiger partial charge in [0.05, 0.1) is 0 Å². The van der Waals surface area contributed by atoms with E-state index in [2.05, 4.69) is 34.2 Å². The molecule has 0 aliphatic heterocycles. The largest absolute Gasteiger partial charge is 0.280 e. The Labute approximate surface area is 68.5 Å². The van der Waals surface area contributed by atoms with Gasteiger partial charge in [-0.3, -0.25) is 5.14 Å². The minimum absolute atomic E-state index is 0.104. The second-order valence-electron chi connectivity index (χ2n) is 2.47. The van der Waals surface area contributed by atoms with Gasteiger partial charge in [0, 0.05) is 14.1 Å². The van der Waals surface area contributed by atoms with Crippen LogP contribution >= 0.6 is 10.4 Å². The molecule has 0 aromatic heterocycles. The summed E-state index contributed by atoms with van der Waals surface area (Å²) in [6.07, 6.45) is 6.28. The lowest BCUT2D eigenvalue weighted by molar-refractivity contribution is 0.885. The Hall–Kier alpha value is 0.580. The van der Waals surface area contributed by atoms with E-state index in [1.54, 1.807) is 0 Å². The van der Waals surface area contributed by atoms with Crippen molar-refractivity contribution >= 4 is 21.7 Å². The van der Waals surface area contributed by atoms with Crippen LogP contribution in [-0.2, 0) is 11.3 Å². The Balaban J connectivity index is 3.94. The summed E-state index contributed by atoms with van der Waals surface area (Å²) >= 11 is 0.104. The minimum Gasteiger partial charge on any atom is -0.280 e. The molecule has 0 saturated heterocycles. The summed E-state index contributed by atoms with van der Waals surface area (Å²) in [6.45, 7) is 0. The van der Waals surface area contributed by atoms with E-state index in [1.807, 2.05) is 7.05 Å². The van der Waals surface area contributed by atoms with Crippen molar-refractivity contribution in [3.8, 4) is 0 Å². The molecular weight excluding hydrogens is 166 g/mol. The fourth-order valence-electron chi connectivity index (χ4n) is 0.417. The molecule has 1 unspecified atom stereocenters. The second kappa shape index (κ2) is 3.82. The van der Waals surface area contributed by atoms with Crippen molar-refractivity contribution in [3.63, 3.8) is 0 Å². The van der Waals surface area contributed by atoms with Gasteiger partial charge in [-0.15, -0.1) is 4.72 Å². The number of rotatable bonds is 3. The standard InChI is InChI=1S/C5H17N3S2/c1-7-9(3)8(2)10(4,5)6/h6H2,1-5H3/p+1. The maximum absolute atomic E-state index is 5.93. The van der Waals surface area contributed by atoms with Crippen molar-refractivity contribution in [1.82, 2.24) is 8.43 Å². The first-order chi connectivity index (χ1) is 4.39. The molecule has 0 aliphatic rings. The van der Waals surface area contributed by atoms with Gasteiger partial charge < -0.3 is 0 Å². The molecule has 0 radical (unpaired) electrons. The van der Waals surface area contributed by atoms with Crippen molar-refractivity contribution in [2.45, 2.75) is 0 Å². The molecule has 0 spiro atoms. The van der Waals surface area contributed by atoms with Crippen molar-refractivity contribution < 1.29 is 0 Å². The van der Waals surface area contributed by atoms with E-state index in [0.717, 1.165) is 0 Å². The normalized spacial score (nSPS) is 17.5. The molecule has 0 bridgehead atoms. The monoisotopic (exact) mass is 184 g/mol. The quantitative estimate of drug-likeness (QED) is 0.610. The van der Waals surface area contributed by atoms with E-state index < -0.39 is 10.4 Å². The first kappa shape index (κ1) is 10.6. The lowest BCUT2D eigenvalue weighted by Gasteiger charge is -2.31. The minimum atomic E-state index is -1.03. The van der Waals surface area contributed by atoms with E-state index in [1.165, 1.54) is 0 Å². The van der Waals surface area contributed by atoms with Crippen LogP contribution in [-0.4, -0.2) is 36.6 Å². The average molecular weight is 184 g/mol. The van der Waals surface area contributed by atoms with Crippen LogP contribution in [0, 0.1) is 0 Å². The van der Waals surface area contributed by atoms with Crippen LogP contribution in [0.2, 0.25) is 0 Å². The highest BCUT2D eigenvalue weighted by molar-refractivity contribution is 8.33. The molecule has 0 aromatic carbocycles. The highest BCUT2D eigenvalue weighted by Gasteiger charge is 2.26. The third-order valence-electron chi connectivity index (χ3n) is 1.34. The number of hydrogen-bond acceptors (Lipinski definition) is 3. The van der Waals surface area contributed by atoms with E-state index in [9.17, 15) is 0 Å². The van der Waals surface area contributed by atoms with Gasteiger partial charge in [-0.1, -0.05) is 14.1 Å². The first-order valence-electron chi connectivity index (χ1n) is 2.98. The van der Waals surface area contributed by atoms with E-state index in [0.29, 0.717) is 0 Å². The van der Waals surface area contributed by atoms with Crippen LogP contribution in [0.3, 0.4) is 0 Å². The predicted molar refractivity (Wildman–Crippen MR) is 53.7 cm³/mol. The van der Waals surface area contributed by atoms with E-state index in [-0.39, 0.29) is 11.3 Å².